The predicted octanol–water partition coefficient (Wildman–Crippen LogP) is 3.16. The minimum absolute atomic E-state index is 0.102. The number of hydrogen-bond donors (Lipinski definition) is 0. The number of rotatable bonds is 10. The highest BCUT2D eigenvalue weighted by Gasteiger charge is 2.27. The molecule has 37 heavy (non-hydrogen) atoms. The predicted molar refractivity (Wildman–Crippen MR) is 146 cm³/mol. The Balaban J connectivity index is 1.40. The minimum Gasteiger partial charge on any atom is -0.383 e. The number of fused-ring (bicyclic) bond motifs is 1. The molecule has 0 N–H and O–H groups in total. The van der Waals surface area contributed by atoms with Crippen molar-refractivity contribution in [2.24, 2.45) is 0 Å². The summed E-state index contributed by atoms with van der Waals surface area (Å²) in [5.41, 5.74) is 3.96. The smallest absolute Gasteiger partial charge is 0.253 e. The second-order valence-electron chi connectivity index (χ2n) is 9.04. The molecule has 2 aromatic carbocycles. The Labute approximate surface area is 222 Å². The zero-order valence-electron chi connectivity index (χ0n) is 21.8. The van der Waals surface area contributed by atoms with E-state index in [0.29, 0.717) is 31.7 Å². The van der Waals surface area contributed by atoms with Crippen molar-refractivity contribution >= 4 is 42.6 Å². The van der Waals surface area contributed by atoms with E-state index >= 15 is 0 Å². The largest absolute Gasteiger partial charge is 0.383 e. The molecule has 0 radical (unpaired) electrons. The third-order valence-electron chi connectivity index (χ3n) is 6.74. The van der Waals surface area contributed by atoms with Crippen molar-refractivity contribution in [3.8, 4) is 0 Å². The van der Waals surface area contributed by atoms with Crippen molar-refractivity contribution in [2.45, 2.75) is 18.7 Å². The lowest BCUT2D eigenvalue weighted by atomic mass is 10.1. The number of carbonyl (C=O) groups is 1. The molecule has 0 saturated carbocycles. The van der Waals surface area contributed by atoms with Crippen LogP contribution in [0.15, 0.2) is 41.3 Å². The minimum atomic E-state index is -3.73. The molecule has 4 rings (SSSR count). The van der Waals surface area contributed by atoms with E-state index in [2.05, 4.69) is 30.9 Å². The van der Waals surface area contributed by atoms with Crippen molar-refractivity contribution < 1.29 is 22.7 Å². The third-order valence-corrected chi connectivity index (χ3v) is 9.73. The first-order valence-electron chi connectivity index (χ1n) is 12.3. The molecule has 0 unspecified atom stereocenters. The van der Waals surface area contributed by atoms with Crippen molar-refractivity contribution in [3.63, 3.8) is 0 Å². The molecule has 1 saturated heterocycles. The van der Waals surface area contributed by atoms with Crippen molar-refractivity contribution in [3.05, 3.63) is 53.1 Å². The molecular formula is C26H34N4O5S2. The average Bonchev–Trinajstić information content (AvgIpc) is 3.36. The molecule has 1 amide bonds. The summed E-state index contributed by atoms with van der Waals surface area (Å²) in [5.74, 6) is -0.102. The standard InChI is InChI=1S/C26H34N4O5S2/c1-19-5-10-23-24(20(19)2)27-26(36-23)29-13-11-28(12-14-29)25(31)21-6-8-22(9-7-21)37(32,33)30(15-17-34-3)16-18-35-4/h5-10H,11-18H2,1-4H3. The van der Waals surface area contributed by atoms with Gasteiger partial charge in [-0.05, 0) is 55.3 Å². The third kappa shape index (κ3) is 5.96. The Morgan fingerprint density at radius 2 is 1.59 bits per heavy atom. The molecule has 1 aliphatic rings. The Bertz CT molecular complexity index is 1330. The Morgan fingerprint density at radius 1 is 0.973 bits per heavy atom. The van der Waals surface area contributed by atoms with Gasteiger partial charge in [-0.3, -0.25) is 4.79 Å². The number of hydrogen-bond acceptors (Lipinski definition) is 8. The number of anilines is 1. The monoisotopic (exact) mass is 546 g/mol. The Hall–Kier alpha value is -2.57. The van der Waals surface area contributed by atoms with Gasteiger partial charge in [0.15, 0.2) is 5.13 Å². The maximum atomic E-state index is 13.1. The second-order valence-corrected chi connectivity index (χ2v) is 12.0. The van der Waals surface area contributed by atoms with Gasteiger partial charge >= 0.3 is 0 Å². The van der Waals surface area contributed by atoms with E-state index in [9.17, 15) is 13.2 Å². The molecule has 2 heterocycles. The fourth-order valence-electron chi connectivity index (χ4n) is 4.29. The fraction of sp³-hybridized carbons (Fsp3) is 0.462. The zero-order valence-corrected chi connectivity index (χ0v) is 23.4. The second kappa shape index (κ2) is 11.9. The maximum absolute atomic E-state index is 13.1. The van der Waals surface area contributed by atoms with Gasteiger partial charge in [0.05, 0.1) is 28.3 Å². The van der Waals surface area contributed by atoms with E-state index in [4.69, 9.17) is 14.5 Å². The molecule has 0 aliphatic carbocycles. The normalized spacial score (nSPS) is 14.6. The molecule has 9 nitrogen and oxygen atoms in total. The van der Waals surface area contributed by atoms with E-state index in [1.54, 1.807) is 23.5 Å². The highest BCUT2D eigenvalue weighted by molar-refractivity contribution is 7.89. The number of piperazine rings is 1. The van der Waals surface area contributed by atoms with E-state index < -0.39 is 10.0 Å². The van der Waals surface area contributed by atoms with E-state index in [1.165, 1.54) is 46.5 Å². The summed E-state index contributed by atoms with van der Waals surface area (Å²) in [7, 11) is -0.672. The van der Waals surface area contributed by atoms with Crippen LogP contribution in [0.1, 0.15) is 21.5 Å². The topological polar surface area (TPSA) is 92.3 Å². The van der Waals surface area contributed by atoms with Crippen LogP contribution >= 0.6 is 11.3 Å². The molecule has 0 spiro atoms. The maximum Gasteiger partial charge on any atom is 0.253 e. The number of ether oxygens (including phenoxy) is 2. The van der Waals surface area contributed by atoms with Crippen LogP contribution < -0.4 is 4.90 Å². The van der Waals surface area contributed by atoms with Crippen LogP contribution in [0.5, 0.6) is 0 Å². The highest BCUT2D eigenvalue weighted by Crippen LogP contribution is 2.32. The molecule has 1 fully saturated rings. The number of sulfonamides is 1. The van der Waals surface area contributed by atoms with Crippen LogP contribution in [0.2, 0.25) is 0 Å². The van der Waals surface area contributed by atoms with Gasteiger partial charge in [-0.15, -0.1) is 0 Å². The summed E-state index contributed by atoms with van der Waals surface area (Å²) in [4.78, 5) is 22.2. The average molecular weight is 547 g/mol. The molecule has 11 heteroatoms. The van der Waals surface area contributed by atoms with Crippen LogP contribution in [0.3, 0.4) is 0 Å². The van der Waals surface area contributed by atoms with Crippen LogP contribution in [0.4, 0.5) is 5.13 Å². The molecule has 0 atom stereocenters. The van der Waals surface area contributed by atoms with Gasteiger partial charge in [-0.1, -0.05) is 17.4 Å². The van der Waals surface area contributed by atoms with Crippen molar-refractivity contribution in [1.82, 2.24) is 14.2 Å². The molecular weight excluding hydrogens is 512 g/mol. The van der Waals surface area contributed by atoms with Gasteiger partial charge < -0.3 is 19.3 Å². The number of aryl methyl sites for hydroxylation is 2. The summed E-state index contributed by atoms with van der Waals surface area (Å²) in [6.07, 6.45) is 0. The summed E-state index contributed by atoms with van der Waals surface area (Å²) in [6.45, 7) is 7.76. The summed E-state index contributed by atoms with van der Waals surface area (Å²) in [5, 5.41) is 0.983. The first kappa shape index (κ1) is 27.5. The van der Waals surface area contributed by atoms with E-state index in [-0.39, 0.29) is 37.1 Å². The van der Waals surface area contributed by atoms with Gasteiger partial charge in [0.25, 0.3) is 5.91 Å². The first-order valence-corrected chi connectivity index (χ1v) is 14.5. The summed E-state index contributed by atoms with van der Waals surface area (Å²) >= 11 is 1.68. The van der Waals surface area contributed by atoms with Crippen molar-refractivity contribution in [2.75, 3.05) is 71.6 Å². The number of methoxy groups -OCH3 is 2. The molecule has 1 aliphatic heterocycles. The summed E-state index contributed by atoms with van der Waals surface area (Å²) in [6, 6.07) is 10.4. The van der Waals surface area contributed by atoms with Gasteiger partial charge in [0, 0.05) is 59.1 Å². The van der Waals surface area contributed by atoms with Crippen LogP contribution in [-0.2, 0) is 19.5 Å². The first-order chi connectivity index (χ1) is 17.8. The number of carbonyl (C=O) groups excluding carboxylic acids is 1. The highest BCUT2D eigenvalue weighted by atomic mass is 32.2. The van der Waals surface area contributed by atoms with Gasteiger partial charge in [0.2, 0.25) is 10.0 Å². The zero-order chi connectivity index (χ0) is 26.6. The quantitative estimate of drug-likeness (QED) is 0.386. The Morgan fingerprint density at radius 3 is 2.19 bits per heavy atom. The SMILES string of the molecule is COCCN(CCOC)S(=O)(=O)c1ccc(C(=O)N2CCN(c3nc4c(C)c(C)ccc4s3)CC2)cc1. The number of nitrogens with zero attached hydrogens (tertiary/aromatic N) is 4. The van der Waals surface area contributed by atoms with E-state index in [0.717, 1.165) is 10.6 Å². The van der Waals surface area contributed by atoms with Gasteiger partial charge in [-0.25, -0.2) is 13.4 Å². The lowest BCUT2D eigenvalue weighted by molar-refractivity contribution is 0.0746. The van der Waals surface area contributed by atoms with Gasteiger partial charge in [-0.2, -0.15) is 4.31 Å². The molecule has 1 aromatic heterocycles. The molecule has 0 bridgehead atoms. The lowest BCUT2D eigenvalue weighted by Gasteiger charge is -2.34. The van der Waals surface area contributed by atoms with Crippen LogP contribution in [0.25, 0.3) is 10.2 Å². The van der Waals surface area contributed by atoms with Gasteiger partial charge in [0.1, 0.15) is 0 Å². The lowest BCUT2D eigenvalue weighted by Crippen LogP contribution is -2.48. The molecule has 200 valence electrons. The van der Waals surface area contributed by atoms with Crippen molar-refractivity contribution in [1.29, 1.82) is 0 Å². The fourth-order valence-corrected chi connectivity index (χ4v) is 6.77. The summed E-state index contributed by atoms with van der Waals surface area (Å²) < 4.78 is 38.8. The Kier molecular flexibility index (Phi) is 8.81. The number of thiazole rings is 1. The number of amides is 1. The van der Waals surface area contributed by atoms with Crippen LogP contribution in [0, 0.1) is 13.8 Å². The van der Waals surface area contributed by atoms with E-state index in [1.807, 2.05) is 4.90 Å². The molecule has 3 aromatic rings. The number of benzene rings is 2. The van der Waals surface area contributed by atoms with Crippen LogP contribution in [-0.4, -0.2) is 95.2 Å². The number of aromatic nitrogens is 1.